The lowest BCUT2D eigenvalue weighted by atomic mass is 10.1. The van der Waals surface area contributed by atoms with Crippen LogP contribution in [0.4, 0.5) is 0 Å². The third-order valence-corrected chi connectivity index (χ3v) is 2.91. The summed E-state index contributed by atoms with van der Waals surface area (Å²) in [6.07, 6.45) is 3.01. The molecule has 106 valence electrons. The lowest BCUT2D eigenvalue weighted by Gasteiger charge is -2.27. The number of nitrogens with zero attached hydrogens (tertiary/aromatic N) is 1. The minimum atomic E-state index is -0.399. The second-order valence-corrected chi connectivity index (χ2v) is 5.84. The van der Waals surface area contributed by atoms with Crippen LogP contribution in [0, 0.1) is 0 Å². The molecule has 18 heavy (non-hydrogen) atoms. The monoisotopic (exact) mass is 257 g/mol. The molecule has 0 aromatic carbocycles. The maximum absolute atomic E-state index is 12.1. The number of likely N-dealkylation sites (tertiary alicyclic amines) is 1. The molecule has 0 amide bonds. The molecule has 1 heterocycles. The Morgan fingerprint density at radius 1 is 1.33 bits per heavy atom. The van der Waals surface area contributed by atoms with Gasteiger partial charge in [0.2, 0.25) is 0 Å². The fourth-order valence-corrected chi connectivity index (χ4v) is 2.16. The molecule has 0 spiro atoms. The first kappa shape index (κ1) is 15.4. The molecular formula is C14H27NO3. The molecule has 1 rings (SSSR count). The summed E-state index contributed by atoms with van der Waals surface area (Å²) in [6.45, 7) is 11.1. The predicted molar refractivity (Wildman–Crippen MR) is 71.6 cm³/mol. The molecular weight excluding hydrogens is 230 g/mol. The molecule has 0 N–H and O–H groups in total. The summed E-state index contributed by atoms with van der Waals surface area (Å²) in [5.74, 6) is -0.0875. The van der Waals surface area contributed by atoms with Crippen LogP contribution < -0.4 is 0 Å². The van der Waals surface area contributed by atoms with Gasteiger partial charge in [0.15, 0.2) is 0 Å². The summed E-state index contributed by atoms with van der Waals surface area (Å²) < 4.78 is 10.9. The molecule has 1 fully saturated rings. The van der Waals surface area contributed by atoms with Crippen LogP contribution in [0.3, 0.4) is 0 Å². The van der Waals surface area contributed by atoms with Crippen LogP contribution in [0.1, 0.15) is 47.0 Å². The fourth-order valence-electron chi connectivity index (χ4n) is 2.16. The number of hydrogen-bond acceptors (Lipinski definition) is 4. The Kier molecular flexibility index (Phi) is 6.09. The number of ether oxygens (including phenoxy) is 2. The number of esters is 1. The Labute approximate surface area is 111 Å². The summed E-state index contributed by atoms with van der Waals surface area (Å²) in [5.41, 5.74) is -0.399. The third kappa shape index (κ3) is 5.36. The number of rotatable bonds is 6. The van der Waals surface area contributed by atoms with E-state index in [-0.39, 0.29) is 12.0 Å². The molecule has 4 nitrogen and oxygen atoms in total. The van der Waals surface area contributed by atoms with Gasteiger partial charge in [0.05, 0.1) is 6.61 Å². The summed E-state index contributed by atoms with van der Waals surface area (Å²) in [6, 6.07) is -0.0746. The standard InChI is InChI=1S/C14H27NO3/c1-5-10-17-11-9-15-8-6-7-12(15)13(16)18-14(2,3)4/h12H,5-11H2,1-4H3/t12-/m0/s1. The molecule has 0 bridgehead atoms. The van der Waals surface area contributed by atoms with E-state index >= 15 is 0 Å². The van der Waals surface area contributed by atoms with E-state index in [4.69, 9.17) is 9.47 Å². The highest BCUT2D eigenvalue weighted by Gasteiger charge is 2.33. The lowest BCUT2D eigenvalue weighted by molar-refractivity contribution is -0.160. The van der Waals surface area contributed by atoms with Crippen molar-refractivity contribution in [2.45, 2.75) is 58.6 Å². The summed E-state index contributed by atoms with van der Waals surface area (Å²) in [7, 11) is 0. The summed E-state index contributed by atoms with van der Waals surface area (Å²) in [5, 5.41) is 0. The molecule has 1 aliphatic heterocycles. The largest absolute Gasteiger partial charge is 0.459 e. The van der Waals surface area contributed by atoms with Gasteiger partial charge in [-0.3, -0.25) is 9.69 Å². The smallest absolute Gasteiger partial charge is 0.323 e. The van der Waals surface area contributed by atoms with Gasteiger partial charge >= 0.3 is 5.97 Å². The highest BCUT2D eigenvalue weighted by molar-refractivity contribution is 5.76. The maximum atomic E-state index is 12.1. The molecule has 0 radical (unpaired) electrons. The van der Waals surface area contributed by atoms with Crippen LogP contribution in [0.25, 0.3) is 0 Å². The molecule has 4 heteroatoms. The van der Waals surface area contributed by atoms with Crippen molar-refractivity contribution in [3.63, 3.8) is 0 Å². The number of carbonyl (C=O) groups excluding carboxylic acids is 1. The molecule has 0 aromatic heterocycles. The maximum Gasteiger partial charge on any atom is 0.323 e. The van der Waals surface area contributed by atoms with Crippen molar-refractivity contribution in [2.75, 3.05) is 26.3 Å². The van der Waals surface area contributed by atoms with E-state index < -0.39 is 5.60 Å². The van der Waals surface area contributed by atoms with Crippen LogP contribution in [0.2, 0.25) is 0 Å². The number of carbonyl (C=O) groups is 1. The molecule has 1 atom stereocenters. The SMILES string of the molecule is CCCOCCN1CCC[C@H]1C(=O)OC(C)(C)C. The van der Waals surface area contributed by atoms with Crippen molar-refractivity contribution < 1.29 is 14.3 Å². The van der Waals surface area contributed by atoms with E-state index in [1.54, 1.807) is 0 Å². The summed E-state index contributed by atoms with van der Waals surface area (Å²) in [4.78, 5) is 14.2. The first-order chi connectivity index (χ1) is 8.44. The highest BCUT2D eigenvalue weighted by atomic mass is 16.6. The highest BCUT2D eigenvalue weighted by Crippen LogP contribution is 2.20. The average Bonchev–Trinajstić information content (AvgIpc) is 2.70. The fraction of sp³-hybridized carbons (Fsp3) is 0.929. The van der Waals surface area contributed by atoms with Crippen LogP contribution >= 0.6 is 0 Å². The Morgan fingerprint density at radius 2 is 2.06 bits per heavy atom. The van der Waals surface area contributed by atoms with Gasteiger partial charge in [-0.25, -0.2) is 0 Å². The van der Waals surface area contributed by atoms with E-state index in [0.29, 0.717) is 6.61 Å². The zero-order chi connectivity index (χ0) is 13.6. The Bertz CT molecular complexity index is 260. The lowest BCUT2D eigenvalue weighted by Crippen LogP contribution is -2.41. The van der Waals surface area contributed by atoms with E-state index in [0.717, 1.165) is 39.0 Å². The van der Waals surface area contributed by atoms with E-state index in [1.807, 2.05) is 20.8 Å². The molecule has 0 saturated carbocycles. The van der Waals surface area contributed by atoms with Crippen molar-refractivity contribution in [3.8, 4) is 0 Å². The van der Waals surface area contributed by atoms with Gasteiger partial charge in [0, 0.05) is 13.2 Å². The first-order valence-electron chi connectivity index (χ1n) is 6.98. The van der Waals surface area contributed by atoms with E-state index in [1.165, 1.54) is 0 Å². The van der Waals surface area contributed by atoms with Gasteiger partial charge in [-0.15, -0.1) is 0 Å². The second-order valence-electron chi connectivity index (χ2n) is 5.84. The molecule has 0 aromatic rings. The molecule has 1 aliphatic rings. The Balaban J connectivity index is 2.36. The average molecular weight is 257 g/mol. The van der Waals surface area contributed by atoms with Crippen molar-refractivity contribution in [3.05, 3.63) is 0 Å². The van der Waals surface area contributed by atoms with Gasteiger partial charge in [-0.05, 0) is 46.6 Å². The predicted octanol–water partition coefficient (Wildman–Crippen LogP) is 2.22. The first-order valence-corrected chi connectivity index (χ1v) is 6.98. The topological polar surface area (TPSA) is 38.8 Å². The van der Waals surface area contributed by atoms with E-state index in [9.17, 15) is 4.79 Å². The van der Waals surface area contributed by atoms with Gasteiger partial charge < -0.3 is 9.47 Å². The van der Waals surface area contributed by atoms with Gasteiger partial charge in [-0.1, -0.05) is 6.92 Å². The molecule has 0 aliphatic carbocycles. The zero-order valence-electron chi connectivity index (χ0n) is 12.2. The third-order valence-electron chi connectivity index (χ3n) is 2.91. The van der Waals surface area contributed by atoms with Gasteiger partial charge in [0.1, 0.15) is 11.6 Å². The second kappa shape index (κ2) is 7.10. The van der Waals surface area contributed by atoms with E-state index in [2.05, 4.69) is 11.8 Å². The van der Waals surface area contributed by atoms with Crippen LogP contribution in [-0.4, -0.2) is 48.8 Å². The van der Waals surface area contributed by atoms with Crippen molar-refractivity contribution in [2.24, 2.45) is 0 Å². The van der Waals surface area contributed by atoms with Crippen LogP contribution in [0.5, 0.6) is 0 Å². The minimum Gasteiger partial charge on any atom is -0.459 e. The van der Waals surface area contributed by atoms with Crippen molar-refractivity contribution >= 4 is 5.97 Å². The Morgan fingerprint density at radius 3 is 2.67 bits per heavy atom. The molecule has 1 saturated heterocycles. The quantitative estimate of drug-likeness (QED) is 0.540. The minimum absolute atomic E-state index is 0.0746. The van der Waals surface area contributed by atoms with Crippen molar-refractivity contribution in [1.29, 1.82) is 0 Å². The normalized spacial score (nSPS) is 21.2. The summed E-state index contributed by atoms with van der Waals surface area (Å²) >= 11 is 0. The van der Waals surface area contributed by atoms with Gasteiger partial charge in [-0.2, -0.15) is 0 Å². The van der Waals surface area contributed by atoms with Gasteiger partial charge in [0.25, 0.3) is 0 Å². The van der Waals surface area contributed by atoms with Crippen LogP contribution in [-0.2, 0) is 14.3 Å². The zero-order valence-corrected chi connectivity index (χ0v) is 12.2. The number of hydrogen-bond donors (Lipinski definition) is 0. The van der Waals surface area contributed by atoms with Crippen molar-refractivity contribution in [1.82, 2.24) is 4.90 Å². The molecule has 0 unspecified atom stereocenters. The van der Waals surface area contributed by atoms with Crippen LogP contribution in [0.15, 0.2) is 0 Å². The Hall–Kier alpha value is -0.610.